The van der Waals surface area contributed by atoms with Gasteiger partial charge < -0.3 is 10.1 Å². The molecule has 1 atom stereocenters. The van der Waals surface area contributed by atoms with Crippen molar-refractivity contribution >= 4 is 0 Å². The normalized spacial score (nSPS) is 24.7. The molecule has 2 aliphatic rings. The van der Waals surface area contributed by atoms with Gasteiger partial charge in [0.15, 0.2) is 0 Å². The van der Waals surface area contributed by atoms with Crippen LogP contribution in [0.5, 0.6) is 5.75 Å². The zero-order valence-electron chi connectivity index (χ0n) is 9.70. The minimum atomic E-state index is 0.549. The number of fused-ring (bicyclic) bond motifs is 3. The molecule has 0 aromatic heterocycles. The van der Waals surface area contributed by atoms with Gasteiger partial charge in [0, 0.05) is 32.2 Å². The molecule has 16 heavy (non-hydrogen) atoms. The Morgan fingerprint density at radius 2 is 2.31 bits per heavy atom. The van der Waals surface area contributed by atoms with Crippen molar-refractivity contribution in [2.75, 3.05) is 33.3 Å². The number of methoxy groups -OCH3 is 1. The lowest BCUT2D eigenvalue weighted by Gasteiger charge is -2.40. The van der Waals surface area contributed by atoms with Gasteiger partial charge in [-0.3, -0.25) is 4.90 Å². The lowest BCUT2D eigenvalue weighted by atomic mass is 9.91. The zero-order valence-corrected chi connectivity index (χ0v) is 9.70. The zero-order chi connectivity index (χ0) is 11.0. The summed E-state index contributed by atoms with van der Waals surface area (Å²) in [5, 5.41) is 3.48. The third kappa shape index (κ3) is 1.60. The monoisotopic (exact) mass is 218 g/mol. The van der Waals surface area contributed by atoms with E-state index in [4.69, 9.17) is 4.74 Å². The van der Waals surface area contributed by atoms with E-state index in [1.165, 1.54) is 30.6 Å². The number of nitrogens with one attached hydrogen (secondary N) is 1. The first kappa shape index (κ1) is 10.1. The Balaban J connectivity index is 1.98. The van der Waals surface area contributed by atoms with Gasteiger partial charge in [-0.05, 0) is 29.7 Å². The van der Waals surface area contributed by atoms with Crippen molar-refractivity contribution in [1.29, 1.82) is 0 Å². The Kier molecular flexibility index (Phi) is 2.58. The van der Waals surface area contributed by atoms with Crippen LogP contribution in [0.25, 0.3) is 0 Å². The van der Waals surface area contributed by atoms with Crippen LogP contribution in [-0.2, 0) is 6.42 Å². The highest BCUT2D eigenvalue weighted by atomic mass is 16.5. The molecular formula is C13H18N2O. The average molecular weight is 218 g/mol. The smallest absolute Gasteiger partial charge is 0.119 e. The molecule has 0 radical (unpaired) electrons. The van der Waals surface area contributed by atoms with E-state index in [0.717, 1.165) is 18.8 Å². The summed E-state index contributed by atoms with van der Waals surface area (Å²) >= 11 is 0. The largest absolute Gasteiger partial charge is 0.497 e. The Morgan fingerprint density at radius 1 is 1.38 bits per heavy atom. The molecule has 86 valence electrons. The minimum Gasteiger partial charge on any atom is -0.497 e. The van der Waals surface area contributed by atoms with Crippen LogP contribution in [0.1, 0.15) is 17.2 Å². The van der Waals surface area contributed by atoms with Gasteiger partial charge in [-0.2, -0.15) is 0 Å². The third-order valence-electron chi connectivity index (χ3n) is 3.73. The summed E-state index contributed by atoms with van der Waals surface area (Å²) < 4.78 is 5.32. The molecule has 2 aliphatic heterocycles. The predicted octanol–water partition coefficient (Wildman–Crippen LogP) is 1.20. The Morgan fingerprint density at radius 3 is 3.19 bits per heavy atom. The summed E-state index contributed by atoms with van der Waals surface area (Å²) in [6.07, 6.45) is 1.18. The van der Waals surface area contributed by atoms with E-state index in [1.807, 2.05) is 0 Å². The molecule has 3 rings (SSSR count). The molecule has 0 bridgehead atoms. The fraction of sp³-hybridized carbons (Fsp3) is 0.538. The van der Waals surface area contributed by atoms with Gasteiger partial charge >= 0.3 is 0 Å². The molecule has 0 saturated carbocycles. The van der Waals surface area contributed by atoms with E-state index in [0.29, 0.717) is 6.04 Å². The van der Waals surface area contributed by atoms with Crippen LogP contribution in [0.4, 0.5) is 0 Å². The van der Waals surface area contributed by atoms with Crippen LogP contribution < -0.4 is 10.1 Å². The first-order valence-electron chi connectivity index (χ1n) is 6.00. The molecule has 0 unspecified atom stereocenters. The Hall–Kier alpha value is -1.06. The minimum absolute atomic E-state index is 0.549. The summed E-state index contributed by atoms with van der Waals surface area (Å²) in [6, 6.07) is 7.05. The maximum Gasteiger partial charge on any atom is 0.119 e. The van der Waals surface area contributed by atoms with Crippen molar-refractivity contribution in [2.24, 2.45) is 0 Å². The van der Waals surface area contributed by atoms with Crippen molar-refractivity contribution < 1.29 is 4.74 Å². The van der Waals surface area contributed by atoms with E-state index in [-0.39, 0.29) is 0 Å². The average Bonchev–Trinajstić information content (AvgIpc) is 2.38. The lowest BCUT2D eigenvalue weighted by molar-refractivity contribution is 0.151. The SMILES string of the molecule is COc1ccc2c(c1)[C@@H]1CNCCN1CC2. The van der Waals surface area contributed by atoms with Gasteiger partial charge in [0.1, 0.15) is 5.75 Å². The van der Waals surface area contributed by atoms with Crippen molar-refractivity contribution in [3.8, 4) is 5.75 Å². The molecule has 1 N–H and O–H groups in total. The molecule has 3 heteroatoms. The van der Waals surface area contributed by atoms with E-state index >= 15 is 0 Å². The Labute approximate surface area is 96.4 Å². The number of ether oxygens (including phenoxy) is 1. The molecule has 1 aromatic rings. The van der Waals surface area contributed by atoms with Gasteiger partial charge in [-0.15, -0.1) is 0 Å². The van der Waals surface area contributed by atoms with Crippen molar-refractivity contribution in [3.63, 3.8) is 0 Å². The van der Waals surface area contributed by atoms with E-state index < -0.39 is 0 Å². The second-order valence-corrected chi connectivity index (χ2v) is 4.57. The highest BCUT2D eigenvalue weighted by Crippen LogP contribution is 2.32. The van der Waals surface area contributed by atoms with E-state index in [9.17, 15) is 0 Å². The topological polar surface area (TPSA) is 24.5 Å². The summed E-state index contributed by atoms with van der Waals surface area (Å²) in [7, 11) is 1.74. The van der Waals surface area contributed by atoms with Crippen LogP contribution in [-0.4, -0.2) is 38.2 Å². The third-order valence-corrected chi connectivity index (χ3v) is 3.73. The van der Waals surface area contributed by atoms with Crippen molar-refractivity contribution in [2.45, 2.75) is 12.5 Å². The molecule has 1 saturated heterocycles. The summed E-state index contributed by atoms with van der Waals surface area (Å²) in [4.78, 5) is 2.58. The van der Waals surface area contributed by atoms with Crippen LogP contribution in [0.15, 0.2) is 18.2 Å². The second-order valence-electron chi connectivity index (χ2n) is 4.57. The quantitative estimate of drug-likeness (QED) is 0.766. The van der Waals surface area contributed by atoms with Gasteiger partial charge in [0.25, 0.3) is 0 Å². The maximum atomic E-state index is 5.32. The number of hydrogen-bond acceptors (Lipinski definition) is 3. The fourth-order valence-corrected chi connectivity index (χ4v) is 2.82. The summed E-state index contributed by atoms with van der Waals surface area (Å²) in [5.74, 6) is 0.978. The molecule has 1 aromatic carbocycles. The van der Waals surface area contributed by atoms with Crippen molar-refractivity contribution in [1.82, 2.24) is 10.2 Å². The van der Waals surface area contributed by atoms with E-state index in [1.54, 1.807) is 7.11 Å². The van der Waals surface area contributed by atoms with Crippen LogP contribution in [0, 0.1) is 0 Å². The summed E-state index contributed by atoms with van der Waals surface area (Å²) in [5.41, 5.74) is 2.95. The van der Waals surface area contributed by atoms with Gasteiger partial charge in [0.2, 0.25) is 0 Å². The predicted molar refractivity (Wildman–Crippen MR) is 63.9 cm³/mol. The number of hydrogen-bond donors (Lipinski definition) is 1. The maximum absolute atomic E-state index is 5.32. The standard InChI is InChI=1S/C13H18N2O/c1-16-11-3-2-10-4-6-15-7-5-14-9-13(15)12(10)8-11/h2-3,8,13-14H,4-7,9H2,1H3/t13-/m0/s1. The van der Waals surface area contributed by atoms with Gasteiger partial charge in [-0.1, -0.05) is 6.07 Å². The first-order valence-corrected chi connectivity index (χ1v) is 6.00. The number of nitrogens with zero attached hydrogens (tertiary/aromatic N) is 1. The van der Waals surface area contributed by atoms with Gasteiger partial charge in [-0.25, -0.2) is 0 Å². The van der Waals surface area contributed by atoms with Crippen LogP contribution >= 0.6 is 0 Å². The van der Waals surface area contributed by atoms with Crippen LogP contribution in [0.3, 0.4) is 0 Å². The molecular weight excluding hydrogens is 200 g/mol. The fourth-order valence-electron chi connectivity index (χ4n) is 2.82. The van der Waals surface area contributed by atoms with Crippen molar-refractivity contribution in [3.05, 3.63) is 29.3 Å². The second kappa shape index (κ2) is 4.07. The number of benzene rings is 1. The molecule has 0 amide bonds. The molecule has 0 spiro atoms. The first-order chi connectivity index (χ1) is 7.88. The highest BCUT2D eigenvalue weighted by molar-refractivity contribution is 5.39. The molecule has 2 heterocycles. The van der Waals surface area contributed by atoms with E-state index in [2.05, 4.69) is 28.4 Å². The molecule has 0 aliphatic carbocycles. The molecule has 1 fully saturated rings. The number of piperazine rings is 1. The Bertz CT molecular complexity index is 392. The van der Waals surface area contributed by atoms with Gasteiger partial charge in [0.05, 0.1) is 7.11 Å². The molecule has 3 nitrogen and oxygen atoms in total. The summed E-state index contributed by atoms with van der Waals surface area (Å²) in [6.45, 7) is 4.56. The highest BCUT2D eigenvalue weighted by Gasteiger charge is 2.29. The van der Waals surface area contributed by atoms with Crippen LogP contribution in [0.2, 0.25) is 0 Å². The lowest BCUT2D eigenvalue weighted by Crippen LogP contribution is -2.48. The number of rotatable bonds is 1.